The summed E-state index contributed by atoms with van der Waals surface area (Å²) in [5, 5.41) is 3.07. The molecule has 1 saturated heterocycles. The molecular weight excluding hydrogens is 514 g/mol. The van der Waals surface area contributed by atoms with Crippen molar-refractivity contribution in [1.82, 2.24) is 29.7 Å². The zero-order valence-corrected chi connectivity index (χ0v) is 23.5. The predicted molar refractivity (Wildman–Crippen MR) is 160 cm³/mol. The Labute approximate surface area is 239 Å². The highest BCUT2D eigenvalue weighted by atomic mass is 16.5. The van der Waals surface area contributed by atoms with Crippen molar-refractivity contribution in [2.45, 2.75) is 20.4 Å². The smallest absolute Gasteiger partial charge is 0.256 e. The number of carbonyl (C=O) groups excluding carboxylic acids is 1. The average molecular weight is 548 g/mol. The number of aromatic amines is 1. The van der Waals surface area contributed by atoms with Crippen molar-refractivity contribution in [1.29, 1.82) is 0 Å². The van der Waals surface area contributed by atoms with E-state index in [0.29, 0.717) is 28.5 Å². The van der Waals surface area contributed by atoms with Gasteiger partial charge in [0.25, 0.3) is 5.91 Å². The normalized spacial score (nSPS) is 14.3. The molecule has 0 saturated carbocycles. The molecule has 6 rings (SSSR count). The maximum atomic E-state index is 13.4. The Kier molecular flexibility index (Phi) is 7.45. The van der Waals surface area contributed by atoms with E-state index in [1.54, 1.807) is 24.7 Å². The Balaban J connectivity index is 1.20. The van der Waals surface area contributed by atoms with Gasteiger partial charge in [-0.2, -0.15) is 4.98 Å². The highest BCUT2D eigenvalue weighted by Gasteiger charge is 2.17. The molecule has 0 radical (unpaired) electrons. The van der Waals surface area contributed by atoms with Crippen LogP contribution in [0.15, 0.2) is 73.2 Å². The van der Waals surface area contributed by atoms with E-state index in [1.807, 2.05) is 49.4 Å². The van der Waals surface area contributed by atoms with Gasteiger partial charge in [-0.15, -0.1) is 0 Å². The van der Waals surface area contributed by atoms with Gasteiger partial charge in [-0.05, 0) is 80.1 Å². The Morgan fingerprint density at radius 1 is 1.00 bits per heavy atom. The zero-order valence-electron chi connectivity index (χ0n) is 23.5. The number of ether oxygens (including phenoxy) is 1. The van der Waals surface area contributed by atoms with E-state index in [-0.39, 0.29) is 5.91 Å². The van der Waals surface area contributed by atoms with Gasteiger partial charge in [0, 0.05) is 68.1 Å². The molecule has 0 spiro atoms. The van der Waals surface area contributed by atoms with Crippen LogP contribution in [0, 0.1) is 13.8 Å². The molecule has 9 heteroatoms. The fourth-order valence-corrected chi connectivity index (χ4v) is 5.03. The number of anilines is 1. The lowest BCUT2D eigenvalue weighted by Gasteiger charge is -2.32. The molecule has 208 valence electrons. The summed E-state index contributed by atoms with van der Waals surface area (Å²) in [6, 6.07) is 17.2. The Morgan fingerprint density at radius 2 is 1.85 bits per heavy atom. The zero-order chi connectivity index (χ0) is 28.3. The topological polar surface area (TPSA) is 99.3 Å². The highest BCUT2D eigenvalue weighted by molar-refractivity contribution is 6.05. The van der Waals surface area contributed by atoms with Gasteiger partial charge < -0.3 is 19.9 Å². The van der Waals surface area contributed by atoms with Crippen molar-refractivity contribution in [3.63, 3.8) is 0 Å². The minimum absolute atomic E-state index is 0.192. The van der Waals surface area contributed by atoms with Crippen molar-refractivity contribution >= 4 is 22.6 Å². The molecule has 9 nitrogen and oxygen atoms in total. The standard InChI is InChI=1S/C32H33N7O2/c1-21-6-9-26(41-32-29-28(10-12-34-29)36-30(37-32)23-5-4-11-33-19-23)18-27(21)31(40)35-25-8-7-24(22(2)17-25)20-39-15-13-38(3)14-16-39/h4-12,17-19,34H,13-16,20H2,1-3H3,(H,35,40). The van der Waals surface area contributed by atoms with E-state index < -0.39 is 0 Å². The van der Waals surface area contributed by atoms with Crippen LogP contribution < -0.4 is 10.1 Å². The van der Waals surface area contributed by atoms with E-state index >= 15 is 0 Å². The summed E-state index contributed by atoms with van der Waals surface area (Å²) in [5.74, 6) is 1.20. The number of fused-ring (bicyclic) bond motifs is 1. The van der Waals surface area contributed by atoms with E-state index in [0.717, 1.165) is 55.1 Å². The third-order valence-corrected chi connectivity index (χ3v) is 7.55. The Hall–Kier alpha value is -4.60. The van der Waals surface area contributed by atoms with Crippen LogP contribution in [0.4, 0.5) is 5.69 Å². The Morgan fingerprint density at radius 3 is 2.63 bits per heavy atom. The van der Waals surface area contributed by atoms with Crippen LogP contribution in [0.25, 0.3) is 22.4 Å². The molecule has 1 aliphatic heterocycles. The average Bonchev–Trinajstić information content (AvgIpc) is 3.46. The van der Waals surface area contributed by atoms with Crippen molar-refractivity contribution in [2.24, 2.45) is 0 Å². The second-order valence-corrected chi connectivity index (χ2v) is 10.6. The minimum Gasteiger partial charge on any atom is -0.437 e. The molecule has 1 fully saturated rings. The molecule has 0 unspecified atom stereocenters. The van der Waals surface area contributed by atoms with Crippen LogP contribution in [0.3, 0.4) is 0 Å². The van der Waals surface area contributed by atoms with Gasteiger partial charge in [-0.3, -0.25) is 14.7 Å². The van der Waals surface area contributed by atoms with Gasteiger partial charge in [0.1, 0.15) is 11.3 Å². The lowest BCUT2D eigenvalue weighted by Crippen LogP contribution is -2.43. The summed E-state index contributed by atoms with van der Waals surface area (Å²) in [7, 11) is 2.17. The predicted octanol–water partition coefficient (Wildman–Crippen LogP) is 5.43. The summed E-state index contributed by atoms with van der Waals surface area (Å²) in [6.07, 6.45) is 5.22. The molecule has 0 aliphatic carbocycles. The minimum atomic E-state index is -0.192. The van der Waals surface area contributed by atoms with Crippen LogP contribution in [0.1, 0.15) is 27.0 Å². The van der Waals surface area contributed by atoms with Crippen molar-refractivity contribution in [3.05, 3.63) is 95.4 Å². The second-order valence-electron chi connectivity index (χ2n) is 10.6. The first kappa shape index (κ1) is 26.6. The molecule has 2 aromatic carbocycles. The van der Waals surface area contributed by atoms with Gasteiger partial charge in [0.2, 0.25) is 5.88 Å². The van der Waals surface area contributed by atoms with E-state index in [9.17, 15) is 4.79 Å². The molecule has 1 aliphatic rings. The highest BCUT2D eigenvalue weighted by Crippen LogP contribution is 2.30. The molecule has 41 heavy (non-hydrogen) atoms. The van der Waals surface area contributed by atoms with Gasteiger partial charge in [-0.1, -0.05) is 12.1 Å². The summed E-state index contributed by atoms with van der Waals surface area (Å²) >= 11 is 0. The van der Waals surface area contributed by atoms with Crippen molar-refractivity contribution < 1.29 is 9.53 Å². The molecule has 5 aromatic rings. The largest absolute Gasteiger partial charge is 0.437 e. The maximum Gasteiger partial charge on any atom is 0.256 e. The molecule has 2 N–H and O–H groups in total. The van der Waals surface area contributed by atoms with Crippen molar-refractivity contribution in [2.75, 3.05) is 38.5 Å². The molecule has 0 bridgehead atoms. The number of H-pyrrole nitrogens is 1. The summed E-state index contributed by atoms with van der Waals surface area (Å²) in [4.78, 5) is 34.8. The number of likely N-dealkylation sites (N-methyl/N-ethyl adjacent to an activating group) is 1. The third-order valence-electron chi connectivity index (χ3n) is 7.55. The number of rotatable bonds is 7. The third kappa shape index (κ3) is 5.96. The van der Waals surface area contributed by atoms with Crippen LogP contribution in [-0.4, -0.2) is 68.9 Å². The number of piperazine rings is 1. The fourth-order valence-electron chi connectivity index (χ4n) is 5.03. The molecule has 4 heterocycles. The van der Waals surface area contributed by atoms with Gasteiger partial charge in [0.05, 0.1) is 5.52 Å². The lowest BCUT2D eigenvalue weighted by atomic mass is 10.1. The van der Waals surface area contributed by atoms with Gasteiger partial charge >= 0.3 is 0 Å². The number of hydrogen-bond acceptors (Lipinski definition) is 7. The summed E-state index contributed by atoms with van der Waals surface area (Å²) in [5.41, 5.74) is 6.79. The number of amides is 1. The SMILES string of the molecule is Cc1cc(NC(=O)c2cc(Oc3nc(-c4cccnc4)nc4cc[nH]c34)ccc2C)ccc1CN1CCN(C)CC1. The summed E-state index contributed by atoms with van der Waals surface area (Å²) in [6.45, 7) is 9.26. The molecular formula is C32H33N7O2. The number of aromatic nitrogens is 4. The number of hydrogen-bond donors (Lipinski definition) is 2. The first-order valence-electron chi connectivity index (χ1n) is 13.8. The number of carbonyl (C=O) groups is 1. The number of aryl methyl sites for hydroxylation is 2. The van der Waals surface area contributed by atoms with Crippen LogP contribution >= 0.6 is 0 Å². The summed E-state index contributed by atoms with van der Waals surface area (Å²) < 4.78 is 6.23. The van der Waals surface area contributed by atoms with Crippen LogP contribution in [-0.2, 0) is 6.54 Å². The van der Waals surface area contributed by atoms with Gasteiger partial charge in [0.15, 0.2) is 5.82 Å². The Bertz CT molecular complexity index is 1690. The quantitative estimate of drug-likeness (QED) is 0.280. The molecule has 0 atom stereocenters. The fraction of sp³-hybridized carbons (Fsp3) is 0.250. The maximum absolute atomic E-state index is 13.4. The van der Waals surface area contributed by atoms with Gasteiger partial charge in [-0.25, -0.2) is 4.98 Å². The van der Waals surface area contributed by atoms with Crippen molar-refractivity contribution in [3.8, 4) is 23.0 Å². The molecule has 3 aromatic heterocycles. The second kappa shape index (κ2) is 11.5. The van der Waals surface area contributed by atoms with Crippen LogP contribution in [0.2, 0.25) is 0 Å². The van der Waals surface area contributed by atoms with Crippen LogP contribution in [0.5, 0.6) is 11.6 Å². The van der Waals surface area contributed by atoms with E-state index in [4.69, 9.17) is 4.74 Å². The van der Waals surface area contributed by atoms with E-state index in [2.05, 4.69) is 55.1 Å². The first-order chi connectivity index (χ1) is 19.9. The number of nitrogens with zero attached hydrogens (tertiary/aromatic N) is 5. The molecule has 1 amide bonds. The monoisotopic (exact) mass is 547 g/mol. The van der Waals surface area contributed by atoms with E-state index in [1.165, 1.54) is 11.1 Å². The first-order valence-corrected chi connectivity index (χ1v) is 13.8. The number of pyridine rings is 1. The number of benzene rings is 2. The lowest BCUT2D eigenvalue weighted by molar-refractivity contribution is 0.102. The number of nitrogens with one attached hydrogen (secondary N) is 2.